The fraction of sp³-hybridized carbons (Fsp3) is 0.857. The minimum absolute atomic E-state index is 0.360. The third kappa shape index (κ3) is 3.23. The van der Waals surface area contributed by atoms with Gasteiger partial charge in [-0.25, -0.2) is 0 Å². The molecule has 0 bridgehead atoms. The minimum atomic E-state index is 0.360. The van der Waals surface area contributed by atoms with E-state index in [0.29, 0.717) is 6.04 Å². The van der Waals surface area contributed by atoms with Crippen molar-refractivity contribution >= 4 is 0 Å². The Labute approximate surface area is 100.0 Å². The normalized spacial score (nSPS) is 26.2. The molecule has 0 N–H and O–H groups in total. The summed E-state index contributed by atoms with van der Waals surface area (Å²) in [5.74, 6) is 3.00. The van der Waals surface area contributed by atoms with Crippen LogP contribution in [0.4, 0.5) is 0 Å². The lowest BCUT2D eigenvalue weighted by Crippen LogP contribution is -2.46. The molecule has 2 rings (SSSR count). The molecule has 2 aliphatic heterocycles. The van der Waals surface area contributed by atoms with Gasteiger partial charge in [0.2, 0.25) is 0 Å². The summed E-state index contributed by atoms with van der Waals surface area (Å²) in [7, 11) is 0. The lowest BCUT2D eigenvalue weighted by atomic mass is 10.1. The number of piperidine rings is 2. The fourth-order valence-corrected chi connectivity index (χ4v) is 2.89. The lowest BCUT2D eigenvalue weighted by molar-refractivity contribution is 0.136. The van der Waals surface area contributed by atoms with Gasteiger partial charge in [-0.05, 0) is 51.9 Å². The third-order valence-electron chi connectivity index (χ3n) is 3.90. The maximum atomic E-state index is 5.70. The molecule has 0 saturated carbocycles. The Kier molecular flexibility index (Phi) is 4.69. The van der Waals surface area contributed by atoms with E-state index in [-0.39, 0.29) is 0 Å². The Bertz CT molecular complexity index is 232. The van der Waals surface area contributed by atoms with Gasteiger partial charge in [0.25, 0.3) is 0 Å². The second-order valence-electron chi connectivity index (χ2n) is 5.14. The molecule has 0 unspecified atom stereocenters. The highest BCUT2D eigenvalue weighted by Gasteiger charge is 2.21. The molecule has 90 valence electrons. The summed E-state index contributed by atoms with van der Waals surface area (Å²) in [6, 6.07) is 0.360. The van der Waals surface area contributed by atoms with Gasteiger partial charge in [-0.15, -0.1) is 6.42 Å². The van der Waals surface area contributed by atoms with Gasteiger partial charge < -0.3 is 4.90 Å². The highest BCUT2D eigenvalue weighted by Crippen LogP contribution is 2.15. The standard InChI is InChI=1S/C14H24N2/c1-2-14(16-11-7-4-8-12-16)13-15-9-5-3-6-10-15/h1,14H,3-13H2/t14-/m0/s1. The number of terminal acetylenes is 1. The Hall–Kier alpha value is -0.520. The molecule has 0 aliphatic carbocycles. The van der Waals surface area contributed by atoms with Gasteiger partial charge in [0.15, 0.2) is 0 Å². The first-order valence-electron chi connectivity index (χ1n) is 6.82. The van der Waals surface area contributed by atoms with Gasteiger partial charge in [-0.1, -0.05) is 18.8 Å². The van der Waals surface area contributed by atoms with Crippen molar-refractivity contribution in [1.29, 1.82) is 0 Å². The zero-order chi connectivity index (χ0) is 11.2. The maximum absolute atomic E-state index is 5.70. The van der Waals surface area contributed by atoms with Crippen LogP contribution < -0.4 is 0 Å². The first-order chi connectivity index (χ1) is 7.90. The first kappa shape index (κ1) is 12.0. The van der Waals surface area contributed by atoms with Crippen LogP contribution in [0, 0.1) is 12.3 Å². The molecular weight excluding hydrogens is 196 g/mol. The maximum Gasteiger partial charge on any atom is 0.0840 e. The van der Waals surface area contributed by atoms with Gasteiger partial charge in [0.05, 0.1) is 6.04 Å². The molecule has 0 spiro atoms. The van der Waals surface area contributed by atoms with Crippen LogP contribution >= 0.6 is 0 Å². The summed E-state index contributed by atoms with van der Waals surface area (Å²) in [4.78, 5) is 5.07. The van der Waals surface area contributed by atoms with Gasteiger partial charge in [-0.3, -0.25) is 4.90 Å². The number of hydrogen-bond donors (Lipinski definition) is 0. The van der Waals surface area contributed by atoms with Crippen molar-refractivity contribution in [2.45, 2.75) is 44.6 Å². The molecule has 2 aliphatic rings. The van der Waals surface area contributed by atoms with E-state index in [2.05, 4.69) is 15.7 Å². The van der Waals surface area contributed by atoms with Crippen molar-refractivity contribution < 1.29 is 0 Å². The smallest absolute Gasteiger partial charge is 0.0840 e. The second-order valence-corrected chi connectivity index (χ2v) is 5.14. The van der Waals surface area contributed by atoms with E-state index in [0.717, 1.165) is 6.54 Å². The van der Waals surface area contributed by atoms with Crippen LogP contribution in [0.25, 0.3) is 0 Å². The first-order valence-corrected chi connectivity index (χ1v) is 6.82. The Morgan fingerprint density at radius 1 is 0.875 bits per heavy atom. The van der Waals surface area contributed by atoms with Crippen LogP contribution in [0.3, 0.4) is 0 Å². The Morgan fingerprint density at radius 2 is 1.44 bits per heavy atom. The Balaban J connectivity index is 1.81. The summed E-state index contributed by atoms with van der Waals surface area (Å²) in [5, 5.41) is 0. The van der Waals surface area contributed by atoms with Crippen LogP contribution in [0.2, 0.25) is 0 Å². The fourth-order valence-electron chi connectivity index (χ4n) is 2.89. The SMILES string of the molecule is C#C[C@@H](CN1CCCCC1)N1CCCCC1. The van der Waals surface area contributed by atoms with Crippen LogP contribution in [0.5, 0.6) is 0 Å². The summed E-state index contributed by atoms with van der Waals surface area (Å²) in [6.07, 6.45) is 13.9. The predicted octanol–water partition coefficient (Wildman–Crippen LogP) is 1.96. The van der Waals surface area contributed by atoms with E-state index in [4.69, 9.17) is 6.42 Å². The highest BCUT2D eigenvalue weighted by atomic mass is 15.2. The predicted molar refractivity (Wildman–Crippen MR) is 68.3 cm³/mol. The number of nitrogens with zero attached hydrogens (tertiary/aromatic N) is 2. The average Bonchev–Trinajstić information content (AvgIpc) is 2.38. The molecule has 2 heterocycles. The van der Waals surface area contributed by atoms with E-state index in [1.165, 1.54) is 64.7 Å². The van der Waals surface area contributed by atoms with Crippen molar-refractivity contribution in [3.63, 3.8) is 0 Å². The highest BCUT2D eigenvalue weighted by molar-refractivity contribution is 5.02. The van der Waals surface area contributed by atoms with Crippen molar-refractivity contribution in [3.8, 4) is 12.3 Å². The molecular formula is C14H24N2. The molecule has 2 saturated heterocycles. The summed E-state index contributed by atoms with van der Waals surface area (Å²) in [5.41, 5.74) is 0. The lowest BCUT2D eigenvalue weighted by Gasteiger charge is -2.36. The molecule has 16 heavy (non-hydrogen) atoms. The third-order valence-corrected chi connectivity index (χ3v) is 3.90. The van der Waals surface area contributed by atoms with Gasteiger partial charge in [0, 0.05) is 6.54 Å². The molecule has 0 amide bonds. The van der Waals surface area contributed by atoms with Crippen molar-refractivity contribution in [2.24, 2.45) is 0 Å². The second kappa shape index (κ2) is 6.27. The minimum Gasteiger partial charge on any atom is -0.301 e. The molecule has 2 fully saturated rings. The molecule has 0 aromatic rings. The summed E-state index contributed by atoms with van der Waals surface area (Å²) >= 11 is 0. The van der Waals surface area contributed by atoms with E-state index in [9.17, 15) is 0 Å². The van der Waals surface area contributed by atoms with Gasteiger partial charge >= 0.3 is 0 Å². The molecule has 1 atom stereocenters. The quantitative estimate of drug-likeness (QED) is 0.671. The number of hydrogen-bond acceptors (Lipinski definition) is 2. The monoisotopic (exact) mass is 220 g/mol. The molecule has 2 nitrogen and oxygen atoms in total. The van der Waals surface area contributed by atoms with Crippen molar-refractivity contribution in [2.75, 3.05) is 32.7 Å². The van der Waals surface area contributed by atoms with E-state index in [1.807, 2.05) is 0 Å². The van der Waals surface area contributed by atoms with Gasteiger partial charge in [-0.2, -0.15) is 0 Å². The van der Waals surface area contributed by atoms with E-state index in [1.54, 1.807) is 0 Å². The average molecular weight is 220 g/mol. The number of rotatable bonds is 3. The molecule has 0 aromatic carbocycles. The van der Waals surface area contributed by atoms with Gasteiger partial charge in [0.1, 0.15) is 0 Å². The zero-order valence-corrected chi connectivity index (χ0v) is 10.3. The van der Waals surface area contributed by atoms with Crippen LogP contribution in [-0.4, -0.2) is 48.6 Å². The zero-order valence-electron chi connectivity index (χ0n) is 10.3. The molecule has 0 aromatic heterocycles. The Morgan fingerprint density at radius 3 is 2.00 bits per heavy atom. The van der Waals surface area contributed by atoms with Crippen LogP contribution in [0.15, 0.2) is 0 Å². The van der Waals surface area contributed by atoms with Crippen molar-refractivity contribution in [1.82, 2.24) is 9.80 Å². The topological polar surface area (TPSA) is 6.48 Å². The number of likely N-dealkylation sites (tertiary alicyclic amines) is 2. The van der Waals surface area contributed by atoms with Crippen molar-refractivity contribution in [3.05, 3.63) is 0 Å². The molecule has 0 radical (unpaired) electrons. The summed E-state index contributed by atoms with van der Waals surface area (Å²) < 4.78 is 0. The van der Waals surface area contributed by atoms with Crippen LogP contribution in [-0.2, 0) is 0 Å². The van der Waals surface area contributed by atoms with E-state index >= 15 is 0 Å². The largest absolute Gasteiger partial charge is 0.301 e. The molecule has 2 heteroatoms. The van der Waals surface area contributed by atoms with Crippen LogP contribution in [0.1, 0.15) is 38.5 Å². The van der Waals surface area contributed by atoms with E-state index < -0.39 is 0 Å². The summed E-state index contributed by atoms with van der Waals surface area (Å²) in [6.45, 7) is 6.03.